The van der Waals surface area contributed by atoms with E-state index in [9.17, 15) is 0 Å². The average Bonchev–Trinajstić information content (AvgIpc) is 2.63. The highest BCUT2D eigenvalue weighted by molar-refractivity contribution is 5.64. The predicted octanol–water partition coefficient (Wildman–Crippen LogP) is 2.03. The zero-order valence-corrected chi connectivity index (χ0v) is 9.54. The van der Waals surface area contributed by atoms with Crippen LogP contribution in [0.1, 0.15) is 16.8 Å². The van der Waals surface area contributed by atoms with Crippen LogP contribution in [0, 0.1) is 19.9 Å². The number of aliphatic hydroxyl groups excluding tert-OH is 1. The molecule has 83 valence electrons. The Morgan fingerprint density at radius 2 is 2.19 bits per heavy atom. The second-order valence-corrected chi connectivity index (χ2v) is 3.91. The van der Waals surface area contributed by atoms with Gasteiger partial charge in [-0.15, -0.1) is 0 Å². The number of nitrogens with one attached hydrogen (secondary N) is 1. The molecule has 0 saturated carbocycles. The van der Waals surface area contributed by atoms with Crippen LogP contribution in [-0.2, 0) is 6.42 Å². The lowest BCUT2D eigenvalue weighted by Crippen LogP contribution is -1.94. The van der Waals surface area contributed by atoms with Crippen molar-refractivity contribution < 1.29 is 5.11 Å². The molecule has 0 atom stereocenters. The molecule has 0 aliphatic heterocycles. The summed E-state index contributed by atoms with van der Waals surface area (Å²) in [5, 5.41) is 16.3. The summed E-state index contributed by atoms with van der Waals surface area (Å²) in [4.78, 5) is 0. The molecule has 3 heteroatoms. The van der Waals surface area contributed by atoms with Gasteiger partial charge in [0.15, 0.2) is 0 Å². The van der Waals surface area contributed by atoms with Crippen molar-refractivity contribution in [3.63, 3.8) is 0 Å². The predicted molar refractivity (Wildman–Crippen MR) is 63.1 cm³/mol. The molecule has 2 N–H and O–H groups in total. The summed E-state index contributed by atoms with van der Waals surface area (Å²) in [6.07, 6.45) is 0.630. The number of aromatic amines is 1. The second kappa shape index (κ2) is 4.49. The lowest BCUT2D eigenvalue weighted by molar-refractivity contribution is 0.299. The van der Waals surface area contributed by atoms with Crippen LogP contribution in [0.3, 0.4) is 0 Å². The van der Waals surface area contributed by atoms with Crippen molar-refractivity contribution in [2.75, 3.05) is 6.61 Å². The quantitative estimate of drug-likeness (QED) is 0.823. The minimum absolute atomic E-state index is 0.142. The molecule has 0 aliphatic carbocycles. The summed E-state index contributed by atoms with van der Waals surface area (Å²) in [5.74, 6) is 0. The van der Waals surface area contributed by atoms with Crippen molar-refractivity contribution in [3.8, 4) is 11.3 Å². The zero-order chi connectivity index (χ0) is 11.5. The largest absolute Gasteiger partial charge is 0.396 e. The van der Waals surface area contributed by atoms with Crippen LogP contribution in [0.25, 0.3) is 11.3 Å². The first kappa shape index (κ1) is 10.9. The van der Waals surface area contributed by atoms with E-state index in [1.807, 2.05) is 32.0 Å². The zero-order valence-electron chi connectivity index (χ0n) is 9.54. The molecule has 1 radical (unpaired) electrons. The smallest absolute Gasteiger partial charge is 0.0956 e. The number of benzene rings is 1. The van der Waals surface area contributed by atoms with Crippen molar-refractivity contribution in [1.82, 2.24) is 10.2 Å². The Morgan fingerprint density at radius 3 is 2.81 bits per heavy atom. The van der Waals surface area contributed by atoms with Crippen molar-refractivity contribution in [3.05, 3.63) is 41.1 Å². The Kier molecular flexibility index (Phi) is 3.06. The van der Waals surface area contributed by atoms with Gasteiger partial charge in [-0.3, -0.25) is 5.10 Å². The first-order chi connectivity index (χ1) is 7.72. The lowest BCUT2D eigenvalue weighted by Gasteiger charge is -2.02. The second-order valence-electron chi connectivity index (χ2n) is 3.91. The molecular weight excluding hydrogens is 200 g/mol. The lowest BCUT2D eigenvalue weighted by atomic mass is 10.0. The van der Waals surface area contributed by atoms with E-state index in [1.54, 1.807) is 0 Å². The molecule has 1 heterocycles. The van der Waals surface area contributed by atoms with Gasteiger partial charge in [0.2, 0.25) is 0 Å². The number of rotatable bonds is 3. The summed E-state index contributed by atoms with van der Waals surface area (Å²) in [5.41, 5.74) is 5.17. The standard InChI is InChI=1S/C13H15N2O/c1-9-3-5-11(6-4-9)13-12(7-8-16)10(2)14-15-13/h3,5-6,16H,7-8H2,1-2H3,(H,14,15). The number of aromatic nitrogens is 2. The summed E-state index contributed by atoms with van der Waals surface area (Å²) in [6, 6.07) is 9.14. The van der Waals surface area contributed by atoms with E-state index in [0.29, 0.717) is 6.42 Å². The summed E-state index contributed by atoms with van der Waals surface area (Å²) in [7, 11) is 0. The molecule has 0 bridgehead atoms. The SMILES string of the molecule is Cc1[c]cc(-c2n[nH]c(C)c2CCO)cc1. The molecular formula is C13H15N2O. The number of hydrogen-bond acceptors (Lipinski definition) is 2. The maximum Gasteiger partial charge on any atom is 0.0956 e. The Morgan fingerprint density at radius 1 is 1.38 bits per heavy atom. The van der Waals surface area contributed by atoms with Crippen molar-refractivity contribution in [2.24, 2.45) is 0 Å². The van der Waals surface area contributed by atoms with Gasteiger partial charge in [-0.05, 0) is 38.0 Å². The summed E-state index contributed by atoms with van der Waals surface area (Å²) in [6.45, 7) is 4.12. The van der Waals surface area contributed by atoms with Crippen LogP contribution < -0.4 is 0 Å². The number of aliphatic hydroxyl groups is 1. The van der Waals surface area contributed by atoms with Crippen LogP contribution in [0.2, 0.25) is 0 Å². The molecule has 3 nitrogen and oxygen atoms in total. The molecule has 0 spiro atoms. The highest BCUT2D eigenvalue weighted by Crippen LogP contribution is 2.23. The molecule has 0 fully saturated rings. The van der Waals surface area contributed by atoms with Gasteiger partial charge in [0.1, 0.15) is 0 Å². The van der Waals surface area contributed by atoms with Crippen LogP contribution in [0.5, 0.6) is 0 Å². The first-order valence-electron chi connectivity index (χ1n) is 5.36. The van der Waals surface area contributed by atoms with Crippen molar-refractivity contribution in [2.45, 2.75) is 20.3 Å². The van der Waals surface area contributed by atoms with Gasteiger partial charge in [0.05, 0.1) is 5.69 Å². The third-order valence-electron chi connectivity index (χ3n) is 2.68. The van der Waals surface area contributed by atoms with Gasteiger partial charge in [-0.1, -0.05) is 12.1 Å². The fraction of sp³-hybridized carbons (Fsp3) is 0.308. The van der Waals surface area contributed by atoms with Gasteiger partial charge in [0, 0.05) is 23.4 Å². The molecule has 0 aliphatic rings. The molecule has 1 aromatic heterocycles. The minimum Gasteiger partial charge on any atom is -0.396 e. The molecule has 2 aromatic rings. The highest BCUT2D eigenvalue weighted by atomic mass is 16.2. The number of H-pyrrole nitrogens is 1. The van der Waals surface area contributed by atoms with Crippen LogP contribution in [0.4, 0.5) is 0 Å². The van der Waals surface area contributed by atoms with Crippen LogP contribution in [0.15, 0.2) is 18.2 Å². The molecule has 0 amide bonds. The maximum atomic E-state index is 9.03. The van der Waals surface area contributed by atoms with E-state index in [-0.39, 0.29) is 6.61 Å². The highest BCUT2D eigenvalue weighted by Gasteiger charge is 2.11. The Hall–Kier alpha value is -1.61. The molecule has 16 heavy (non-hydrogen) atoms. The Bertz CT molecular complexity index is 471. The molecule has 0 unspecified atom stereocenters. The topological polar surface area (TPSA) is 48.9 Å². The van der Waals surface area contributed by atoms with Crippen molar-refractivity contribution in [1.29, 1.82) is 0 Å². The normalized spacial score (nSPS) is 10.7. The number of aryl methyl sites for hydroxylation is 2. The Labute approximate surface area is 95.1 Å². The van der Waals surface area contributed by atoms with E-state index in [2.05, 4.69) is 16.3 Å². The summed E-state index contributed by atoms with van der Waals surface area (Å²) >= 11 is 0. The molecule has 0 saturated heterocycles. The van der Waals surface area contributed by atoms with E-state index in [0.717, 1.165) is 28.1 Å². The van der Waals surface area contributed by atoms with E-state index >= 15 is 0 Å². The molecule has 2 rings (SSSR count). The average molecular weight is 215 g/mol. The summed E-state index contributed by atoms with van der Waals surface area (Å²) < 4.78 is 0. The van der Waals surface area contributed by atoms with E-state index < -0.39 is 0 Å². The van der Waals surface area contributed by atoms with Gasteiger partial charge in [-0.2, -0.15) is 5.10 Å². The van der Waals surface area contributed by atoms with Crippen LogP contribution in [-0.4, -0.2) is 21.9 Å². The fourth-order valence-corrected chi connectivity index (χ4v) is 1.76. The maximum absolute atomic E-state index is 9.03. The van der Waals surface area contributed by atoms with Gasteiger partial charge >= 0.3 is 0 Å². The van der Waals surface area contributed by atoms with E-state index in [1.165, 1.54) is 0 Å². The van der Waals surface area contributed by atoms with Gasteiger partial charge < -0.3 is 5.11 Å². The first-order valence-corrected chi connectivity index (χ1v) is 5.36. The molecule has 1 aromatic carbocycles. The van der Waals surface area contributed by atoms with Gasteiger partial charge in [-0.25, -0.2) is 0 Å². The van der Waals surface area contributed by atoms with E-state index in [4.69, 9.17) is 5.11 Å². The van der Waals surface area contributed by atoms with Crippen molar-refractivity contribution >= 4 is 0 Å². The van der Waals surface area contributed by atoms with Crippen LogP contribution >= 0.6 is 0 Å². The third-order valence-corrected chi connectivity index (χ3v) is 2.68. The third kappa shape index (κ3) is 1.99. The Balaban J connectivity index is 2.43. The fourth-order valence-electron chi connectivity index (χ4n) is 1.76. The monoisotopic (exact) mass is 215 g/mol. The van der Waals surface area contributed by atoms with Gasteiger partial charge in [0.25, 0.3) is 0 Å². The number of hydrogen-bond donors (Lipinski definition) is 2. The number of nitrogens with zero attached hydrogens (tertiary/aromatic N) is 1. The minimum atomic E-state index is 0.142.